The molecule has 0 bridgehead atoms. The van der Waals surface area contributed by atoms with Crippen LogP contribution in [0.3, 0.4) is 0 Å². The van der Waals surface area contributed by atoms with E-state index in [0.717, 1.165) is 47.2 Å². The summed E-state index contributed by atoms with van der Waals surface area (Å²) in [6.07, 6.45) is 5.06. The molecule has 35 heavy (non-hydrogen) atoms. The van der Waals surface area contributed by atoms with Gasteiger partial charge in [-0.15, -0.1) is 0 Å². The van der Waals surface area contributed by atoms with Crippen LogP contribution in [0.2, 0.25) is 0 Å². The van der Waals surface area contributed by atoms with E-state index in [2.05, 4.69) is 17.5 Å². The van der Waals surface area contributed by atoms with Crippen molar-refractivity contribution in [3.8, 4) is 11.5 Å². The van der Waals surface area contributed by atoms with Crippen molar-refractivity contribution in [2.75, 3.05) is 13.7 Å². The summed E-state index contributed by atoms with van der Waals surface area (Å²) >= 11 is 0. The second-order valence-electron chi connectivity index (χ2n) is 8.02. The summed E-state index contributed by atoms with van der Waals surface area (Å²) in [6, 6.07) is 27.5. The van der Waals surface area contributed by atoms with Gasteiger partial charge in [-0.3, -0.25) is 5.43 Å². The minimum atomic E-state index is 0.557. The van der Waals surface area contributed by atoms with Crippen molar-refractivity contribution in [3.05, 3.63) is 96.2 Å². The maximum atomic E-state index is 5.87. The van der Waals surface area contributed by atoms with Crippen molar-refractivity contribution >= 4 is 28.6 Å². The first-order valence-corrected chi connectivity index (χ1v) is 11.9. The molecule has 1 heterocycles. The number of para-hydroxylation sites is 2. The van der Waals surface area contributed by atoms with E-state index in [1.807, 2.05) is 84.9 Å². The number of fused-ring (bicyclic) bond motifs is 1. The van der Waals surface area contributed by atoms with Gasteiger partial charge in [0.05, 0.1) is 31.1 Å². The molecule has 4 aromatic rings. The van der Waals surface area contributed by atoms with Crippen LogP contribution in [0.25, 0.3) is 10.9 Å². The highest BCUT2D eigenvalue weighted by Crippen LogP contribution is 2.27. The maximum absolute atomic E-state index is 5.87. The lowest BCUT2D eigenvalue weighted by Gasteiger charge is -2.11. The Bertz CT molecular complexity index is 1300. The second-order valence-corrected chi connectivity index (χ2v) is 8.02. The van der Waals surface area contributed by atoms with Gasteiger partial charge < -0.3 is 9.47 Å². The molecule has 0 spiro atoms. The molecule has 6 heteroatoms. The lowest BCUT2D eigenvalue weighted by Crippen LogP contribution is -2.20. The molecule has 0 unspecified atom stereocenters. The Kier molecular flexibility index (Phi) is 8.43. The number of nitrogens with one attached hydrogen (secondary N) is 1. The van der Waals surface area contributed by atoms with E-state index in [4.69, 9.17) is 19.5 Å². The summed E-state index contributed by atoms with van der Waals surface area (Å²) in [5.74, 6) is 1.97. The molecule has 0 aliphatic heterocycles. The highest BCUT2D eigenvalue weighted by atomic mass is 16.5. The zero-order valence-corrected chi connectivity index (χ0v) is 20.1. The number of rotatable bonds is 10. The number of benzene rings is 3. The number of aliphatic imine (C=N–C) groups is 1. The molecule has 4 rings (SSSR count). The summed E-state index contributed by atoms with van der Waals surface area (Å²) in [5.41, 5.74) is 6.38. The number of amidine groups is 1. The highest BCUT2D eigenvalue weighted by Gasteiger charge is 2.08. The largest absolute Gasteiger partial charge is 0.493 e. The smallest absolute Gasteiger partial charge is 0.173 e. The SMILES string of the molecule is CCCCCOc1ccc(C=NNC(=Nc2ccccc2)c2ccc3ccccc3n2)cc1OC. The molecule has 0 radical (unpaired) electrons. The van der Waals surface area contributed by atoms with E-state index in [9.17, 15) is 0 Å². The molecule has 0 aliphatic carbocycles. The second kappa shape index (κ2) is 12.3. The highest BCUT2D eigenvalue weighted by molar-refractivity contribution is 6.00. The fourth-order valence-corrected chi connectivity index (χ4v) is 3.55. The topological polar surface area (TPSA) is 68.1 Å². The van der Waals surface area contributed by atoms with Gasteiger partial charge in [-0.1, -0.05) is 62.2 Å². The van der Waals surface area contributed by atoms with Crippen LogP contribution in [-0.2, 0) is 0 Å². The van der Waals surface area contributed by atoms with Gasteiger partial charge in [0.2, 0.25) is 0 Å². The number of nitrogens with zero attached hydrogens (tertiary/aromatic N) is 3. The molecule has 3 aromatic carbocycles. The molecular formula is C29H30N4O2. The Morgan fingerprint density at radius 3 is 2.57 bits per heavy atom. The lowest BCUT2D eigenvalue weighted by molar-refractivity contribution is 0.286. The Balaban J connectivity index is 1.54. The van der Waals surface area contributed by atoms with E-state index < -0.39 is 0 Å². The van der Waals surface area contributed by atoms with Crippen LogP contribution >= 0.6 is 0 Å². The Hall–Kier alpha value is -4.19. The predicted molar refractivity (Wildman–Crippen MR) is 143 cm³/mol. The number of hydrogen-bond acceptors (Lipinski definition) is 5. The van der Waals surface area contributed by atoms with Gasteiger partial charge in [0.1, 0.15) is 5.69 Å². The summed E-state index contributed by atoms with van der Waals surface area (Å²) in [6.45, 7) is 2.85. The van der Waals surface area contributed by atoms with Gasteiger partial charge in [0, 0.05) is 5.39 Å². The number of methoxy groups -OCH3 is 1. The molecule has 0 saturated heterocycles. The summed E-state index contributed by atoms with van der Waals surface area (Å²) in [5, 5.41) is 5.52. The van der Waals surface area contributed by atoms with Crippen LogP contribution in [0, 0.1) is 0 Å². The Morgan fingerprint density at radius 2 is 1.74 bits per heavy atom. The van der Waals surface area contributed by atoms with Crippen molar-refractivity contribution in [2.24, 2.45) is 10.1 Å². The molecule has 6 nitrogen and oxygen atoms in total. The van der Waals surface area contributed by atoms with E-state index in [0.29, 0.717) is 23.9 Å². The van der Waals surface area contributed by atoms with Crippen LogP contribution in [0.4, 0.5) is 5.69 Å². The molecule has 0 saturated carbocycles. The van der Waals surface area contributed by atoms with Gasteiger partial charge in [0.25, 0.3) is 0 Å². The first-order chi connectivity index (χ1) is 17.3. The molecule has 1 N–H and O–H groups in total. The first-order valence-electron chi connectivity index (χ1n) is 11.9. The van der Waals surface area contributed by atoms with Crippen molar-refractivity contribution in [3.63, 3.8) is 0 Å². The van der Waals surface area contributed by atoms with Crippen LogP contribution in [0.1, 0.15) is 37.4 Å². The Morgan fingerprint density at radius 1 is 0.914 bits per heavy atom. The van der Waals surface area contributed by atoms with Crippen LogP contribution in [-0.4, -0.2) is 30.8 Å². The van der Waals surface area contributed by atoms with Crippen molar-refractivity contribution in [1.29, 1.82) is 0 Å². The summed E-state index contributed by atoms with van der Waals surface area (Å²) in [7, 11) is 1.64. The van der Waals surface area contributed by atoms with Gasteiger partial charge in [-0.05, 0) is 54.4 Å². The average molecular weight is 467 g/mol. The van der Waals surface area contributed by atoms with Crippen LogP contribution < -0.4 is 14.9 Å². The molecular weight excluding hydrogens is 436 g/mol. The fraction of sp³-hybridized carbons (Fsp3) is 0.207. The van der Waals surface area contributed by atoms with Crippen molar-refractivity contribution < 1.29 is 9.47 Å². The monoisotopic (exact) mass is 466 g/mol. The van der Waals surface area contributed by atoms with E-state index in [-0.39, 0.29) is 0 Å². The molecule has 0 fully saturated rings. The van der Waals surface area contributed by atoms with Crippen molar-refractivity contribution in [2.45, 2.75) is 26.2 Å². The van der Waals surface area contributed by atoms with E-state index in [1.54, 1.807) is 13.3 Å². The van der Waals surface area contributed by atoms with Crippen LogP contribution in [0.15, 0.2) is 95.0 Å². The summed E-state index contributed by atoms with van der Waals surface area (Å²) in [4.78, 5) is 9.52. The van der Waals surface area contributed by atoms with Crippen molar-refractivity contribution in [1.82, 2.24) is 10.4 Å². The number of ether oxygens (including phenoxy) is 2. The molecule has 0 aliphatic rings. The third-order valence-electron chi connectivity index (χ3n) is 5.42. The average Bonchev–Trinajstić information content (AvgIpc) is 2.91. The molecule has 0 amide bonds. The maximum Gasteiger partial charge on any atom is 0.173 e. The standard InChI is InChI=1S/C29H30N4O2/c1-3-4-10-19-35-27-18-15-22(20-28(27)34-2)21-30-33-29(31-24-12-6-5-7-13-24)26-17-16-23-11-8-9-14-25(23)32-26/h5-9,11-18,20-21H,3-4,10,19H2,1-2H3,(H,31,33). The molecule has 0 atom stereocenters. The third-order valence-corrected chi connectivity index (χ3v) is 5.42. The fourth-order valence-electron chi connectivity index (χ4n) is 3.55. The molecule has 1 aromatic heterocycles. The number of hydrogen-bond donors (Lipinski definition) is 1. The van der Waals surface area contributed by atoms with Gasteiger partial charge in [-0.2, -0.15) is 5.10 Å². The normalized spacial score (nSPS) is 11.7. The zero-order chi connectivity index (χ0) is 24.3. The predicted octanol–water partition coefficient (Wildman–Crippen LogP) is 6.51. The quantitative estimate of drug-likeness (QED) is 0.125. The lowest BCUT2D eigenvalue weighted by atomic mass is 10.2. The number of unbranched alkanes of at least 4 members (excludes halogenated alkanes) is 2. The number of pyridine rings is 1. The molecule has 178 valence electrons. The van der Waals surface area contributed by atoms with Gasteiger partial charge in [0.15, 0.2) is 17.3 Å². The number of hydrazone groups is 1. The van der Waals surface area contributed by atoms with E-state index >= 15 is 0 Å². The van der Waals surface area contributed by atoms with Crippen LogP contribution in [0.5, 0.6) is 11.5 Å². The van der Waals surface area contributed by atoms with Gasteiger partial charge >= 0.3 is 0 Å². The first kappa shape index (κ1) is 24.0. The number of aromatic nitrogens is 1. The summed E-state index contributed by atoms with van der Waals surface area (Å²) < 4.78 is 11.4. The zero-order valence-electron chi connectivity index (χ0n) is 20.1. The third kappa shape index (κ3) is 6.67. The minimum absolute atomic E-state index is 0.557. The minimum Gasteiger partial charge on any atom is -0.493 e. The van der Waals surface area contributed by atoms with E-state index in [1.165, 1.54) is 0 Å². The van der Waals surface area contributed by atoms with Gasteiger partial charge in [-0.25, -0.2) is 9.98 Å². The Labute approximate surface area is 206 Å².